The highest BCUT2D eigenvalue weighted by Gasteiger charge is 2.22. The van der Waals surface area contributed by atoms with E-state index in [4.69, 9.17) is 4.98 Å². The van der Waals surface area contributed by atoms with Crippen molar-refractivity contribution in [2.24, 2.45) is 0 Å². The van der Waals surface area contributed by atoms with E-state index in [0.29, 0.717) is 10.3 Å². The van der Waals surface area contributed by atoms with Crippen LogP contribution >= 0.6 is 11.3 Å². The van der Waals surface area contributed by atoms with Gasteiger partial charge in [0.05, 0.1) is 15.1 Å². The summed E-state index contributed by atoms with van der Waals surface area (Å²) >= 11 is 1.51. The maximum absolute atomic E-state index is 16.2. The highest BCUT2D eigenvalue weighted by Crippen LogP contribution is 2.44. The summed E-state index contributed by atoms with van der Waals surface area (Å²) in [4.78, 5) is 4.84. The molecule has 0 saturated carbocycles. The molecule has 4 aromatic carbocycles. The summed E-state index contributed by atoms with van der Waals surface area (Å²) < 4.78 is 17.9. The van der Waals surface area contributed by atoms with Crippen LogP contribution in [0, 0.1) is 26.6 Å². The summed E-state index contributed by atoms with van der Waals surface area (Å²) in [6.45, 7) is 13.0. The van der Waals surface area contributed by atoms with Gasteiger partial charge >= 0.3 is 0 Å². The third kappa shape index (κ3) is 3.84. The second-order valence-corrected chi connectivity index (χ2v) is 12.2. The normalized spacial score (nSPS) is 12.2. The number of aryl methyl sites for hydroxylation is 3. The minimum atomic E-state index is -0.145. The largest absolute Gasteiger partial charge is 0.255 e. The lowest BCUT2D eigenvalue weighted by atomic mass is 9.82. The van der Waals surface area contributed by atoms with Crippen LogP contribution in [0.15, 0.2) is 72.9 Å². The van der Waals surface area contributed by atoms with Crippen molar-refractivity contribution >= 4 is 42.3 Å². The minimum absolute atomic E-state index is 0.0194. The molecule has 0 saturated heterocycles. The van der Waals surface area contributed by atoms with Crippen molar-refractivity contribution in [2.45, 2.75) is 47.0 Å². The van der Waals surface area contributed by atoms with Crippen molar-refractivity contribution in [3.05, 3.63) is 101 Å². The van der Waals surface area contributed by atoms with E-state index in [-0.39, 0.29) is 11.2 Å². The molecule has 0 unspecified atom stereocenters. The van der Waals surface area contributed by atoms with Crippen LogP contribution in [0.4, 0.5) is 4.39 Å². The number of hydrogen-bond acceptors (Lipinski definition) is 2. The Kier molecular flexibility index (Phi) is 5.47. The molecular formula is C34H30FNS. The molecule has 184 valence electrons. The fourth-order valence-electron chi connectivity index (χ4n) is 5.81. The molecule has 0 aliphatic rings. The summed E-state index contributed by atoms with van der Waals surface area (Å²) in [5.74, 6) is -0.145. The fraction of sp³-hybridized carbons (Fsp3) is 0.206. The Balaban J connectivity index is 1.62. The van der Waals surface area contributed by atoms with Gasteiger partial charge in [-0.2, -0.15) is 0 Å². The number of thiophene rings is 1. The Hall–Kier alpha value is -3.56. The fourth-order valence-corrected chi connectivity index (χ4v) is 7.05. The maximum atomic E-state index is 16.2. The van der Waals surface area contributed by atoms with E-state index in [0.717, 1.165) is 43.4 Å². The van der Waals surface area contributed by atoms with Gasteiger partial charge in [0.15, 0.2) is 0 Å². The monoisotopic (exact) mass is 503 g/mol. The van der Waals surface area contributed by atoms with E-state index >= 15 is 4.39 Å². The summed E-state index contributed by atoms with van der Waals surface area (Å²) in [6, 6.07) is 23.3. The van der Waals surface area contributed by atoms with Crippen LogP contribution in [0.25, 0.3) is 53.3 Å². The maximum Gasteiger partial charge on any atom is 0.148 e. The standard InChI is InChI=1S/C34H30FNS/c1-19-15-20(2)29(21(3)16-19)27-12-11-25-26-13-14-36-31(33(26)37-32(25)30(27)35)23-17-22-9-7-8-10-24(22)28(18-23)34(4,5)6/h7-18H,1-6H3. The van der Waals surface area contributed by atoms with E-state index < -0.39 is 0 Å². The van der Waals surface area contributed by atoms with E-state index in [1.807, 2.05) is 18.3 Å². The molecule has 0 aliphatic heterocycles. The summed E-state index contributed by atoms with van der Waals surface area (Å²) in [6.07, 6.45) is 1.86. The number of fused-ring (bicyclic) bond motifs is 4. The van der Waals surface area contributed by atoms with Crippen molar-refractivity contribution in [1.29, 1.82) is 0 Å². The number of pyridine rings is 1. The summed E-state index contributed by atoms with van der Waals surface area (Å²) in [5.41, 5.74) is 8.33. The van der Waals surface area contributed by atoms with Crippen LogP contribution in [0.1, 0.15) is 43.0 Å². The van der Waals surface area contributed by atoms with Gasteiger partial charge in [-0.15, -0.1) is 11.3 Å². The molecule has 2 aromatic heterocycles. The first-order valence-corrected chi connectivity index (χ1v) is 13.6. The smallest absolute Gasteiger partial charge is 0.148 e. The Bertz CT molecular complexity index is 1830. The highest BCUT2D eigenvalue weighted by atomic mass is 32.1. The molecule has 6 aromatic rings. The first kappa shape index (κ1) is 23.8. The number of hydrogen-bond donors (Lipinski definition) is 0. The zero-order valence-electron chi connectivity index (χ0n) is 22.2. The Morgan fingerprint density at radius 3 is 2.19 bits per heavy atom. The third-order valence-electron chi connectivity index (χ3n) is 7.39. The molecule has 0 fully saturated rings. The van der Waals surface area contributed by atoms with E-state index in [1.54, 1.807) is 0 Å². The van der Waals surface area contributed by atoms with E-state index in [9.17, 15) is 0 Å². The quantitative estimate of drug-likeness (QED) is 0.229. The van der Waals surface area contributed by atoms with Crippen LogP contribution in [-0.2, 0) is 5.41 Å². The molecule has 0 amide bonds. The van der Waals surface area contributed by atoms with Crippen molar-refractivity contribution in [3.63, 3.8) is 0 Å². The molecule has 0 spiro atoms. The van der Waals surface area contributed by atoms with Gasteiger partial charge in [0.25, 0.3) is 0 Å². The Morgan fingerprint density at radius 1 is 0.757 bits per heavy atom. The third-order valence-corrected chi connectivity index (χ3v) is 8.61. The predicted molar refractivity (Wildman–Crippen MR) is 158 cm³/mol. The molecule has 0 N–H and O–H groups in total. The lowest BCUT2D eigenvalue weighted by Crippen LogP contribution is -2.12. The molecule has 37 heavy (non-hydrogen) atoms. The zero-order valence-corrected chi connectivity index (χ0v) is 23.0. The minimum Gasteiger partial charge on any atom is -0.255 e. The number of benzene rings is 4. The molecule has 2 heterocycles. The SMILES string of the molecule is Cc1cc(C)c(-c2ccc3c(sc4c(-c5cc(C(C)(C)C)c6ccccc6c5)nccc43)c2F)c(C)c1. The van der Waals surface area contributed by atoms with Gasteiger partial charge in [0.1, 0.15) is 5.82 Å². The zero-order chi connectivity index (χ0) is 26.1. The van der Waals surface area contributed by atoms with Gasteiger partial charge in [-0.05, 0) is 77.4 Å². The number of nitrogens with zero attached hydrogens (tertiary/aromatic N) is 1. The van der Waals surface area contributed by atoms with Crippen LogP contribution in [0.3, 0.4) is 0 Å². The number of rotatable bonds is 2. The van der Waals surface area contributed by atoms with Crippen molar-refractivity contribution in [1.82, 2.24) is 4.98 Å². The van der Waals surface area contributed by atoms with Crippen LogP contribution in [0.2, 0.25) is 0 Å². The van der Waals surface area contributed by atoms with E-state index in [1.165, 1.54) is 33.2 Å². The summed E-state index contributed by atoms with van der Waals surface area (Å²) in [7, 11) is 0. The lowest BCUT2D eigenvalue weighted by Gasteiger charge is -2.22. The average Bonchev–Trinajstić information content (AvgIpc) is 3.23. The van der Waals surface area contributed by atoms with Crippen LogP contribution in [0.5, 0.6) is 0 Å². The molecule has 0 aliphatic carbocycles. The predicted octanol–water partition coefficient (Wildman–Crippen LogP) is 10.3. The number of halogens is 1. The second-order valence-electron chi connectivity index (χ2n) is 11.2. The Labute approximate surface area is 221 Å². The first-order valence-electron chi connectivity index (χ1n) is 12.7. The molecule has 0 atom stereocenters. The Morgan fingerprint density at radius 2 is 1.46 bits per heavy atom. The topological polar surface area (TPSA) is 12.9 Å². The second kappa shape index (κ2) is 8.49. The van der Waals surface area contributed by atoms with Crippen molar-refractivity contribution in [3.8, 4) is 22.4 Å². The van der Waals surface area contributed by atoms with E-state index in [2.05, 4.69) is 96.1 Å². The van der Waals surface area contributed by atoms with Crippen molar-refractivity contribution < 1.29 is 4.39 Å². The highest BCUT2D eigenvalue weighted by molar-refractivity contribution is 7.26. The molecule has 0 radical (unpaired) electrons. The molecule has 0 bridgehead atoms. The first-order chi connectivity index (χ1) is 17.6. The van der Waals surface area contributed by atoms with Gasteiger partial charge in [-0.1, -0.05) is 74.9 Å². The molecule has 3 heteroatoms. The molecular weight excluding hydrogens is 473 g/mol. The van der Waals surface area contributed by atoms with Crippen molar-refractivity contribution in [2.75, 3.05) is 0 Å². The lowest BCUT2D eigenvalue weighted by molar-refractivity contribution is 0.596. The van der Waals surface area contributed by atoms with Crippen LogP contribution < -0.4 is 0 Å². The summed E-state index contributed by atoms with van der Waals surface area (Å²) in [5, 5.41) is 4.47. The van der Waals surface area contributed by atoms with Gasteiger partial charge in [-0.25, -0.2) is 4.39 Å². The molecule has 6 rings (SSSR count). The van der Waals surface area contributed by atoms with Gasteiger partial charge in [0, 0.05) is 28.1 Å². The van der Waals surface area contributed by atoms with Gasteiger partial charge in [-0.3, -0.25) is 4.98 Å². The number of aromatic nitrogens is 1. The van der Waals surface area contributed by atoms with Crippen LogP contribution in [-0.4, -0.2) is 4.98 Å². The average molecular weight is 504 g/mol. The van der Waals surface area contributed by atoms with Gasteiger partial charge in [0.2, 0.25) is 0 Å². The molecule has 1 nitrogen and oxygen atoms in total. The van der Waals surface area contributed by atoms with Gasteiger partial charge < -0.3 is 0 Å².